The molecule has 22 heavy (non-hydrogen) atoms. The van der Waals surface area contributed by atoms with Crippen molar-refractivity contribution < 1.29 is 14.5 Å². The number of ether oxygens (including phenoxy) is 1. The van der Waals surface area contributed by atoms with Crippen molar-refractivity contribution in [3.05, 3.63) is 67.7 Å². The predicted octanol–water partition coefficient (Wildman–Crippen LogP) is 4.34. The van der Waals surface area contributed by atoms with E-state index >= 15 is 0 Å². The van der Waals surface area contributed by atoms with E-state index in [1.54, 1.807) is 18.2 Å². The van der Waals surface area contributed by atoms with Gasteiger partial charge in [-0.05, 0) is 29.8 Å². The van der Waals surface area contributed by atoms with E-state index in [0.717, 1.165) is 0 Å². The van der Waals surface area contributed by atoms with Crippen LogP contribution in [-0.4, -0.2) is 17.8 Å². The Balaban J connectivity index is 2.27. The minimum Gasteiger partial charge on any atom is -0.490 e. The number of Topliss-reactive ketones (excluding diaryl/α,β-unsaturated/α-hetero) is 1. The van der Waals surface area contributed by atoms with E-state index in [1.807, 2.05) is 0 Å². The Morgan fingerprint density at radius 3 is 2.50 bits per heavy atom. The number of hydrogen-bond donors (Lipinski definition) is 0. The lowest BCUT2D eigenvalue weighted by Crippen LogP contribution is -2.05. The molecule has 0 saturated heterocycles. The summed E-state index contributed by atoms with van der Waals surface area (Å²) in [7, 11) is 1.33. The van der Waals surface area contributed by atoms with Crippen LogP contribution in [0.25, 0.3) is 0 Å². The van der Waals surface area contributed by atoms with Crippen LogP contribution in [0.2, 0.25) is 10.0 Å². The minimum absolute atomic E-state index is 0.0698. The molecule has 0 radical (unpaired) electrons. The highest BCUT2D eigenvalue weighted by molar-refractivity contribution is 6.42. The number of ketones is 1. The van der Waals surface area contributed by atoms with Gasteiger partial charge in [-0.15, -0.1) is 0 Å². The number of nitro benzene ring substituents is 1. The maximum Gasteiger partial charge on any atom is 0.311 e. The molecule has 0 amide bonds. The minimum atomic E-state index is -0.589. The zero-order valence-corrected chi connectivity index (χ0v) is 13.0. The maximum absolute atomic E-state index is 12.2. The van der Waals surface area contributed by atoms with E-state index in [0.29, 0.717) is 15.6 Å². The molecule has 0 aliphatic heterocycles. The molecule has 0 saturated carbocycles. The fourth-order valence-corrected chi connectivity index (χ4v) is 2.26. The number of nitro groups is 1. The zero-order valence-electron chi connectivity index (χ0n) is 11.5. The van der Waals surface area contributed by atoms with Crippen LogP contribution in [0.5, 0.6) is 5.75 Å². The van der Waals surface area contributed by atoms with Gasteiger partial charge in [-0.3, -0.25) is 14.9 Å². The van der Waals surface area contributed by atoms with E-state index in [2.05, 4.69) is 0 Å². The van der Waals surface area contributed by atoms with Gasteiger partial charge in [-0.2, -0.15) is 0 Å². The van der Waals surface area contributed by atoms with Crippen LogP contribution in [0.4, 0.5) is 5.69 Å². The molecule has 0 spiro atoms. The smallest absolute Gasteiger partial charge is 0.311 e. The number of benzene rings is 2. The molecule has 0 bridgehead atoms. The number of hydrogen-bond acceptors (Lipinski definition) is 4. The second-order valence-corrected chi connectivity index (χ2v) is 5.31. The standard InChI is InChI=1S/C15H11Cl2NO4/c1-22-15-5-3-10(8-13(15)18(20)21)14(19)7-9-2-4-11(16)12(17)6-9/h2-6,8H,7H2,1H3. The van der Waals surface area contributed by atoms with Gasteiger partial charge in [-0.1, -0.05) is 29.3 Å². The van der Waals surface area contributed by atoms with Crippen LogP contribution in [0.3, 0.4) is 0 Å². The topological polar surface area (TPSA) is 69.4 Å². The summed E-state index contributed by atoms with van der Waals surface area (Å²) in [6, 6.07) is 8.98. The molecule has 0 fully saturated rings. The highest BCUT2D eigenvalue weighted by atomic mass is 35.5. The number of rotatable bonds is 5. The van der Waals surface area contributed by atoms with Crippen molar-refractivity contribution in [1.29, 1.82) is 0 Å². The first-order chi connectivity index (χ1) is 10.4. The van der Waals surface area contributed by atoms with Crippen LogP contribution in [0.1, 0.15) is 15.9 Å². The first-order valence-electron chi connectivity index (χ1n) is 6.22. The quantitative estimate of drug-likeness (QED) is 0.461. The molecule has 2 rings (SSSR count). The van der Waals surface area contributed by atoms with Gasteiger partial charge in [0.2, 0.25) is 0 Å². The molecular weight excluding hydrogens is 329 g/mol. The van der Waals surface area contributed by atoms with Crippen molar-refractivity contribution in [2.24, 2.45) is 0 Å². The molecular formula is C15H11Cl2NO4. The largest absolute Gasteiger partial charge is 0.490 e. The highest BCUT2D eigenvalue weighted by Gasteiger charge is 2.18. The molecule has 2 aromatic rings. The van der Waals surface area contributed by atoms with Gasteiger partial charge in [0.15, 0.2) is 11.5 Å². The third-order valence-electron chi connectivity index (χ3n) is 3.05. The number of halogens is 2. The molecule has 2 aromatic carbocycles. The van der Waals surface area contributed by atoms with Crippen molar-refractivity contribution in [2.45, 2.75) is 6.42 Å². The van der Waals surface area contributed by atoms with Crippen LogP contribution in [0, 0.1) is 10.1 Å². The first-order valence-corrected chi connectivity index (χ1v) is 6.97. The fraction of sp³-hybridized carbons (Fsp3) is 0.133. The normalized spacial score (nSPS) is 10.3. The number of carbonyl (C=O) groups excluding carboxylic acids is 1. The summed E-state index contributed by atoms with van der Waals surface area (Å²) >= 11 is 11.7. The Bertz CT molecular complexity index is 746. The second-order valence-electron chi connectivity index (χ2n) is 4.49. The monoisotopic (exact) mass is 339 g/mol. The Labute approximate surface area is 136 Å². The van der Waals surface area contributed by atoms with Crippen LogP contribution in [-0.2, 0) is 6.42 Å². The number of methoxy groups -OCH3 is 1. The number of carbonyl (C=O) groups is 1. The molecule has 0 atom stereocenters. The van der Waals surface area contributed by atoms with Crippen LogP contribution >= 0.6 is 23.2 Å². The lowest BCUT2D eigenvalue weighted by atomic mass is 10.0. The molecule has 7 heteroatoms. The van der Waals surface area contributed by atoms with E-state index in [1.165, 1.54) is 25.3 Å². The van der Waals surface area contributed by atoms with E-state index in [-0.39, 0.29) is 29.2 Å². The fourth-order valence-electron chi connectivity index (χ4n) is 1.94. The Morgan fingerprint density at radius 1 is 1.18 bits per heavy atom. The van der Waals surface area contributed by atoms with Crippen LogP contribution in [0.15, 0.2) is 36.4 Å². The van der Waals surface area contributed by atoms with Gasteiger partial charge in [-0.25, -0.2) is 0 Å². The average molecular weight is 340 g/mol. The summed E-state index contributed by atoms with van der Waals surface area (Å²) in [5, 5.41) is 11.7. The first kappa shape index (κ1) is 16.3. The lowest BCUT2D eigenvalue weighted by molar-refractivity contribution is -0.385. The Kier molecular flexibility index (Phi) is 5.00. The maximum atomic E-state index is 12.2. The van der Waals surface area contributed by atoms with E-state index in [9.17, 15) is 14.9 Å². The van der Waals surface area contributed by atoms with Crippen molar-refractivity contribution in [3.8, 4) is 5.75 Å². The van der Waals surface area contributed by atoms with Crippen LogP contribution < -0.4 is 4.74 Å². The van der Waals surface area contributed by atoms with Crippen molar-refractivity contribution in [2.75, 3.05) is 7.11 Å². The summed E-state index contributed by atoms with van der Waals surface area (Å²) in [6.45, 7) is 0. The summed E-state index contributed by atoms with van der Waals surface area (Å²) < 4.78 is 4.90. The summed E-state index contributed by atoms with van der Waals surface area (Å²) in [5.74, 6) is -0.153. The molecule has 0 aliphatic rings. The number of nitrogens with zero attached hydrogens (tertiary/aromatic N) is 1. The van der Waals surface area contributed by atoms with E-state index < -0.39 is 4.92 Å². The molecule has 0 aromatic heterocycles. The Morgan fingerprint density at radius 2 is 1.91 bits per heavy atom. The highest BCUT2D eigenvalue weighted by Crippen LogP contribution is 2.28. The van der Waals surface area contributed by atoms with Gasteiger partial charge in [0.1, 0.15) is 0 Å². The van der Waals surface area contributed by atoms with Gasteiger partial charge >= 0.3 is 5.69 Å². The van der Waals surface area contributed by atoms with Gasteiger partial charge in [0, 0.05) is 18.1 Å². The van der Waals surface area contributed by atoms with Crippen molar-refractivity contribution >= 4 is 34.7 Å². The molecule has 0 aliphatic carbocycles. The zero-order chi connectivity index (χ0) is 16.3. The lowest BCUT2D eigenvalue weighted by Gasteiger charge is -2.05. The second kappa shape index (κ2) is 6.77. The van der Waals surface area contributed by atoms with E-state index in [4.69, 9.17) is 27.9 Å². The van der Waals surface area contributed by atoms with Crippen molar-refractivity contribution in [3.63, 3.8) is 0 Å². The molecule has 114 valence electrons. The average Bonchev–Trinajstić information content (AvgIpc) is 2.50. The van der Waals surface area contributed by atoms with Gasteiger partial charge in [0.25, 0.3) is 0 Å². The molecule has 0 heterocycles. The molecule has 5 nitrogen and oxygen atoms in total. The summed E-state index contributed by atoms with van der Waals surface area (Å²) in [6.07, 6.45) is 0.0698. The van der Waals surface area contributed by atoms with Gasteiger partial charge in [0.05, 0.1) is 22.1 Å². The SMILES string of the molecule is COc1ccc(C(=O)Cc2ccc(Cl)c(Cl)c2)cc1[N+](=O)[O-]. The van der Waals surface area contributed by atoms with Crippen molar-refractivity contribution in [1.82, 2.24) is 0 Å². The third-order valence-corrected chi connectivity index (χ3v) is 3.79. The summed E-state index contributed by atoms with van der Waals surface area (Å²) in [4.78, 5) is 22.6. The summed E-state index contributed by atoms with van der Waals surface area (Å²) in [5.41, 5.74) is 0.666. The molecule has 0 N–H and O–H groups in total. The Hall–Kier alpha value is -2.11. The van der Waals surface area contributed by atoms with Gasteiger partial charge < -0.3 is 4.74 Å². The molecule has 0 unspecified atom stereocenters. The third kappa shape index (κ3) is 3.55. The predicted molar refractivity (Wildman–Crippen MR) is 84.1 cm³/mol.